The van der Waals surface area contributed by atoms with Crippen LogP contribution in [0, 0.1) is 0 Å². The first-order valence-corrected chi connectivity index (χ1v) is 7.81. The first-order valence-electron chi connectivity index (χ1n) is 6.33. The molecule has 0 heterocycles. The van der Waals surface area contributed by atoms with Gasteiger partial charge >= 0.3 is 0 Å². The Hall–Kier alpha value is -1.31. The van der Waals surface area contributed by atoms with Gasteiger partial charge in [0.2, 0.25) is 10.0 Å². The van der Waals surface area contributed by atoms with E-state index in [4.69, 9.17) is 9.47 Å². The van der Waals surface area contributed by atoms with Crippen LogP contribution < -0.4 is 14.2 Å². The molecule has 0 aliphatic heterocycles. The lowest BCUT2D eigenvalue weighted by Crippen LogP contribution is -2.55. The summed E-state index contributed by atoms with van der Waals surface area (Å²) in [5, 5.41) is 9.39. The molecule has 0 radical (unpaired) electrons. The standard InChI is InChI=1S/C13H19NO5S/c1-18-10-4-5-11(19-2)12(8-10)20(16,17)14-13(9-15)6-3-7-13/h4-5,8,14-15H,3,6-7,9H2,1-2H3. The molecular formula is C13H19NO5S. The molecule has 2 rings (SSSR count). The second-order valence-electron chi connectivity index (χ2n) is 4.91. The molecule has 0 unspecified atom stereocenters. The fourth-order valence-corrected chi connectivity index (χ4v) is 3.87. The van der Waals surface area contributed by atoms with Gasteiger partial charge in [0.05, 0.1) is 26.4 Å². The number of methoxy groups -OCH3 is 2. The summed E-state index contributed by atoms with van der Waals surface area (Å²) in [5.74, 6) is 0.670. The SMILES string of the molecule is COc1ccc(OC)c(S(=O)(=O)NC2(CO)CCC2)c1. The lowest BCUT2D eigenvalue weighted by molar-refractivity contribution is 0.110. The van der Waals surface area contributed by atoms with Crippen LogP contribution in [-0.2, 0) is 10.0 Å². The zero-order valence-electron chi connectivity index (χ0n) is 11.5. The number of aliphatic hydroxyl groups is 1. The molecule has 1 fully saturated rings. The Labute approximate surface area is 118 Å². The normalized spacial score (nSPS) is 17.4. The molecule has 1 aromatic carbocycles. The van der Waals surface area contributed by atoms with Crippen LogP contribution in [-0.4, -0.2) is 39.9 Å². The molecule has 6 nitrogen and oxygen atoms in total. The third-order valence-electron chi connectivity index (χ3n) is 3.62. The van der Waals surface area contributed by atoms with Crippen molar-refractivity contribution in [1.29, 1.82) is 0 Å². The first kappa shape index (κ1) is 15.1. The van der Waals surface area contributed by atoms with E-state index in [9.17, 15) is 13.5 Å². The fraction of sp³-hybridized carbons (Fsp3) is 0.538. The average Bonchev–Trinajstić information content (AvgIpc) is 2.42. The van der Waals surface area contributed by atoms with Crippen LogP contribution in [0.5, 0.6) is 11.5 Å². The molecule has 0 saturated heterocycles. The van der Waals surface area contributed by atoms with Crippen molar-refractivity contribution in [2.45, 2.75) is 29.7 Å². The van der Waals surface area contributed by atoms with Crippen LogP contribution >= 0.6 is 0 Å². The lowest BCUT2D eigenvalue weighted by Gasteiger charge is -2.40. The largest absolute Gasteiger partial charge is 0.497 e. The molecule has 0 amide bonds. The van der Waals surface area contributed by atoms with Gasteiger partial charge in [-0.1, -0.05) is 0 Å². The number of rotatable bonds is 6. The summed E-state index contributed by atoms with van der Waals surface area (Å²) in [6.45, 7) is -0.210. The number of hydrogen-bond acceptors (Lipinski definition) is 5. The van der Waals surface area contributed by atoms with Gasteiger partial charge in [-0.05, 0) is 31.4 Å². The van der Waals surface area contributed by atoms with Crippen LogP contribution in [0.3, 0.4) is 0 Å². The highest BCUT2D eigenvalue weighted by molar-refractivity contribution is 7.89. The molecule has 1 aliphatic rings. The minimum absolute atomic E-state index is 0.0130. The molecule has 0 aromatic heterocycles. The maximum Gasteiger partial charge on any atom is 0.244 e. The van der Waals surface area contributed by atoms with Crippen molar-refractivity contribution >= 4 is 10.0 Å². The number of ether oxygens (including phenoxy) is 2. The summed E-state index contributed by atoms with van der Waals surface area (Å²) in [7, 11) is -0.907. The van der Waals surface area contributed by atoms with Gasteiger partial charge in [-0.15, -0.1) is 0 Å². The summed E-state index contributed by atoms with van der Waals surface area (Å²) in [6.07, 6.45) is 2.17. The topological polar surface area (TPSA) is 84.9 Å². The van der Waals surface area contributed by atoms with Crippen LogP contribution in [0.25, 0.3) is 0 Å². The molecule has 1 aliphatic carbocycles. The molecule has 1 saturated carbocycles. The second kappa shape index (κ2) is 5.59. The van der Waals surface area contributed by atoms with Gasteiger partial charge in [0.1, 0.15) is 16.4 Å². The fourth-order valence-electron chi connectivity index (χ4n) is 2.23. The molecule has 20 heavy (non-hydrogen) atoms. The van der Waals surface area contributed by atoms with Crippen LogP contribution in [0.2, 0.25) is 0 Å². The maximum absolute atomic E-state index is 12.5. The van der Waals surface area contributed by atoms with Gasteiger partial charge in [0, 0.05) is 6.07 Å². The lowest BCUT2D eigenvalue weighted by atomic mass is 9.78. The molecule has 112 valence electrons. The Kier molecular flexibility index (Phi) is 4.22. The third kappa shape index (κ3) is 2.74. The van der Waals surface area contributed by atoms with Gasteiger partial charge in [0.15, 0.2) is 0 Å². The highest BCUT2D eigenvalue weighted by atomic mass is 32.2. The summed E-state index contributed by atoms with van der Waals surface area (Å²) in [5.41, 5.74) is -0.743. The zero-order chi connectivity index (χ0) is 14.8. The zero-order valence-corrected chi connectivity index (χ0v) is 12.4. The average molecular weight is 301 g/mol. The molecule has 0 atom stereocenters. The molecule has 2 N–H and O–H groups in total. The van der Waals surface area contributed by atoms with E-state index in [2.05, 4.69) is 4.72 Å². The maximum atomic E-state index is 12.5. The number of hydrogen-bond donors (Lipinski definition) is 2. The van der Waals surface area contributed by atoms with Gasteiger partial charge < -0.3 is 14.6 Å². The third-order valence-corrected chi connectivity index (χ3v) is 5.22. The van der Waals surface area contributed by atoms with Crippen LogP contribution in [0.1, 0.15) is 19.3 Å². The van der Waals surface area contributed by atoms with Gasteiger partial charge in [0.25, 0.3) is 0 Å². The van der Waals surface area contributed by atoms with E-state index in [0.717, 1.165) is 6.42 Å². The van der Waals surface area contributed by atoms with Crippen molar-refractivity contribution in [2.75, 3.05) is 20.8 Å². The molecular weight excluding hydrogens is 282 g/mol. The van der Waals surface area contributed by atoms with Crippen LogP contribution in [0.4, 0.5) is 0 Å². The molecule has 0 spiro atoms. The Morgan fingerprint density at radius 2 is 2.00 bits per heavy atom. The van der Waals surface area contributed by atoms with Gasteiger partial charge in [-0.25, -0.2) is 13.1 Å². The van der Waals surface area contributed by atoms with E-state index >= 15 is 0 Å². The highest BCUT2D eigenvalue weighted by Crippen LogP contribution is 2.35. The van der Waals surface area contributed by atoms with Crippen molar-refractivity contribution in [3.8, 4) is 11.5 Å². The quantitative estimate of drug-likeness (QED) is 0.815. The first-order chi connectivity index (χ1) is 9.46. The summed E-state index contributed by atoms with van der Waals surface area (Å²) in [4.78, 5) is 0.0130. The molecule has 0 bridgehead atoms. The Morgan fingerprint density at radius 3 is 2.45 bits per heavy atom. The summed E-state index contributed by atoms with van der Waals surface area (Å²) in [6, 6.07) is 4.58. The van der Waals surface area contributed by atoms with Crippen molar-refractivity contribution < 1.29 is 23.0 Å². The second-order valence-corrected chi connectivity index (χ2v) is 6.57. The Morgan fingerprint density at radius 1 is 1.30 bits per heavy atom. The van der Waals surface area contributed by atoms with Crippen molar-refractivity contribution in [2.24, 2.45) is 0 Å². The number of aliphatic hydroxyl groups excluding tert-OH is 1. The van der Waals surface area contributed by atoms with Crippen molar-refractivity contribution in [3.63, 3.8) is 0 Å². The number of sulfonamides is 1. The van der Waals surface area contributed by atoms with E-state index < -0.39 is 15.6 Å². The summed E-state index contributed by atoms with van der Waals surface area (Å²) >= 11 is 0. The van der Waals surface area contributed by atoms with E-state index in [1.165, 1.54) is 20.3 Å². The minimum atomic E-state index is -3.78. The van der Waals surface area contributed by atoms with Crippen molar-refractivity contribution in [1.82, 2.24) is 4.72 Å². The summed E-state index contributed by atoms with van der Waals surface area (Å²) < 4.78 is 37.7. The highest BCUT2D eigenvalue weighted by Gasteiger charge is 2.41. The van der Waals surface area contributed by atoms with Crippen LogP contribution in [0.15, 0.2) is 23.1 Å². The molecule has 1 aromatic rings. The molecule has 7 heteroatoms. The predicted molar refractivity (Wildman–Crippen MR) is 73.5 cm³/mol. The van der Waals surface area contributed by atoms with Gasteiger partial charge in [-0.2, -0.15) is 0 Å². The van der Waals surface area contributed by atoms with E-state index in [1.807, 2.05) is 0 Å². The number of nitrogens with one attached hydrogen (secondary N) is 1. The monoisotopic (exact) mass is 301 g/mol. The predicted octanol–water partition coefficient (Wildman–Crippen LogP) is 0.897. The van der Waals surface area contributed by atoms with Crippen molar-refractivity contribution in [3.05, 3.63) is 18.2 Å². The number of benzene rings is 1. The van der Waals surface area contributed by atoms with E-state index in [1.54, 1.807) is 12.1 Å². The van der Waals surface area contributed by atoms with Gasteiger partial charge in [-0.3, -0.25) is 0 Å². The van der Waals surface area contributed by atoms with E-state index in [0.29, 0.717) is 18.6 Å². The Bertz CT molecular complexity index is 575. The van der Waals surface area contributed by atoms with E-state index in [-0.39, 0.29) is 17.3 Å². The smallest absolute Gasteiger partial charge is 0.244 e. The Balaban J connectivity index is 2.37. The minimum Gasteiger partial charge on any atom is -0.497 e.